The summed E-state index contributed by atoms with van der Waals surface area (Å²) in [6, 6.07) is 0. The highest BCUT2D eigenvalue weighted by Gasteiger charge is 2.38. The Labute approximate surface area is 95.8 Å². The predicted molar refractivity (Wildman–Crippen MR) is 61.4 cm³/mol. The number of hydrogen-bond acceptors (Lipinski definition) is 3. The number of carbonyl (C=O) groups is 2. The molecule has 0 aromatic carbocycles. The van der Waals surface area contributed by atoms with Gasteiger partial charge in [0.15, 0.2) is 0 Å². The van der Waals surface area contributed by atoms with Gasteiger partial charge >= 0.3 is 6.09 Å². The Morgan fingerprint density at radius 2 is 1.88 bits per heavy atom. The van der Waals surface area contributed by atoms with Gasteiger partial charge in [-0.15, -0.1) is 6.58 Å². The molecule has 0 radical (unpaired) electrons. The van der Waals surface area contributed by atoms with Crippen molar-refractivity contribution in [1.82, 2.24) is 0 Å². The quantitative estimate of drug-likeness (QED) is 0.694. The van der Waals surface area contributed by atoms with E-state index >= 15 is 0 Å². The Morgan fingerprint density at radius 1 is 1.38 bits per heavy atom. The third-order valence-corrected chi connectivity index (χ3v) is 1.91. The van der Waals surface area contributed by atoms with Crippen molar-refractivity contribution >= 4 is 12.0 Å². The van der Waals surface area contributed by atoms with Crippen molar-refractivity contribution in [2.45, 2.75) is 32.8 Å². The molecule has 1 aliphatic rings. The third-order valence-electron chi connectivity index (χ3n) is 1.91. The number of hydrogen-bond donors (Lipinski definition) is 2. The van der Waals surface area contributed by atoms with E-state index in [2.05, 4.69) is 11.3 Å². The van der Waals surface area contributed by atoms with E-state index in [1.165, 1.54) is 0 Å². The van der Waals surface area contributed by atoms with Gasteiger partial charge in [-0.25, -0.2) is 4.79 Å². The molecule has 0 aromatic rings. The van der Waals surface area contributed by atoms with Crippen LogP contribution < -0.4 is 11.5 Å². The van der Waals surface area contributed by atoms with Crippen LogP contribution in [0.3, 0.4) is 0 Å². The summed E-state index contributed by atoms with van der Waals surface area (Å²) in [7, 11) is 0. The number of carbonyl (C=O) groups excluding carboxylic acids is 2. The zero-order valence-electron chi connectivity index (χ0n) is 10.0. The van der Waals surface area contributed by atoms with Gasteiger partial charge in [-0.1, -0.05) is 6.08 Å². The van der Waals surface area contributed by atoms with Crippen molar-refractivity contribution in [3.63, 3.8) is 0 Å². The number of allylic oxidation sites excluding steroid dienone is 1. The van der Waals surface area contributed by atoms with E-state index in [0.29, 0.717) is 5.92 Å². The van der Waals surface area contributed by atoms with E-state index in [-0.39, 0.29) is 11.8 Å². The average Bonchev–Trinajstić information content (AvgIpc) is 2.77. The van der Waals surface area contributed by atoms with E-state index in [9.17, 15) is 9.59 Å². The highest BCUT2D eigenvalue weighted by Crippen LogP contribution is 2.38. The summed E-state index contributed by atoms with van der Waals surface area (Å²) in [6.07, 6.45) is 1.98. The first kappa shape index (κ1) is 14.5. The molecular formula is C11H20N2O3. The number of nitrogens with two attached hydrogens (primary N) is 2. The maximum Gasteiger partial charge on any atom is 0.405 e. The van der Waals surface area contributed by atoms with Crippen LogP contribution in [0.15, 0.2) is 12.7 Å². The molecule has 5 heteroatoms. The lowest BCUT2D eigenvalue weighted by atomic mass is 10.2. The molecule has 92 valence electrons. The summed E-state index contributed by atoms with van der Waals surface area (Å²) in [5, 5.41) is 0. The molecule has 5 nitrogen and oxygen atoms in total. The molecule has 1 fully saturated rings. The maximum absolute atomic E-state index is 10.3. The second-order valence-electron chi connectivity index (χ2n) is 4.68. The van der Waals surface area contributed by atoms with Crippen LogP contribution in [0.25, 0.3) is 0 Å². The summed E-state index contributed by atoms with van der Waals surface area (Å²) in [6.45, 7) is 8.83. The Bertz CT molecular complexity index is 281. The van der Waals surface area contributed by atoms with Gasteiger partial charge in [0.2, 0.25) is 5.91 Å². The van der Waals surface area contributed by atoms with Gasteiger partial charge in [0.05, 0.1) is 0 Å². The van der Waals surface area contributed by atoms with Crippen LogP contribution in [0, 0.1) is 11.8 Å². The van der Waals surface area contributed by atoms with E-state index in [1.807, 2.05) is 0 Å². The van der Waals surface area contributed by atoms with Crippen LogP contribution in [0.5, 0.6) is 0 Å². The molecule has 16 heavy (non-hydrogen) atoms. The topological polar surface area (TPSA) is 95.4 Å². The lowest BCUT2D eigenvalue weighted by Crippen LogP contribution is -2.27. The van der Waals surface area contributed by atoms with Gasteiger partial charge < -0.3 is 16.2 Å². The number of amides is 2. The van der Waals surface area contributed by atoms with E-state index in [0.717, 1.165) is 6.42 Å². The lowest BCUT2D eigenvalue weighted by molar-refractivity contribution is -0.119. The molecular weight excluding hydrogens is 208 g/mol. The van der Waals surface area contributed by atoms with E-state index < -0.39 is 11.7 Å². The first-order chi connectivity index (χ1) is 7.17. The highest BCUT2D eigenvalue weighted by molar-refractivity contribution is 5.80. The molecule has 0 bridgehead atoms. The second kappa shape index (κ2) is 5.53. The normalized spacial score (nSPS) is 22.4. The average molecular weight is 228 g/mol. The fourth-order valence-corrected chi connectivity index (χ4v) is 1.10. The van der Waals surface area contributed by atoms with Gasteiger partial charge in [-0.2, -0.15) is 0 Å². The van der Waals surface area contributed by atoms with Crippen molar-refractivity contribution in [3.05, 3.63) is 12.7 Å². The van der Waals surface area contributed by atoms with Crippen LogP contribution in [0.4, 0.5) is 4.79 Å². The molecule has 2 amide bonds. The Morgan fingerprint density at radius 3 is 1.94 bits per heavy atom. The summed E-state index contributed by atoms with van der Waals surface area (Å²) < 4.78 is 4.58. The van der Waals surface area contributed by atoms with Crippen molar-refractivity contribution in [3.8, 4) is 0 Å². The molecule has 2 unspecified atom stereocenters. The molecule has 1 saturated carbocycles. The summed E-state index contributed by atoms with van der Waals surface area (Å²) in [5.41, 5.74) is 9.24. The zero-order valence-corrected chi connectivity index (χ0v) is 10.0. The Hall–Kier alpha value is -1.52. The molecule has 4 N–H and O–H groups in total. The van der Waals surface area contributed by atoms with Crippen molar-refractivity contribution < 1.29 is 14.3 Å². The van der Waals surface area contributed by atoms with Crippen LogP contribution in [-0.2, 0) is 9.53 Å². The maximum atomic E-state index is 10.3. The largest absolute Gasteiger partial charge is 0.444 e. The Kier molecular flexibility index (Phi) is 5.01. The first-order valence-corrected chi connectivity index (χ1v) is 5.07. The molecule has 1 rings (SSSR count). The molecule has 1 aliphatic carbocycles. The molecule has 0 aromatic heterocycles. The van der Waals surface area contributed by atoms with Crippen LogP contribution in [0.1, 0.15) is 27.2 Å². The zero-order chi connectivity index (χ0) is 12.9. The van der Waals surface area contributed by atoms with E-state index in [4.69, 9.17) is 11.5 Å². The Balaban J connectivity index is 0.000000281. The van der Waals surface area contributed by atoms with Crippen LogP contribution >= 0.6 is 0 Å². The standard InChI is InChI=1S/C6H9NO.C5H11NO2/c1-2-4-3-5(4)6(7)8;1-5(2,3)8-4(6)7/h2,4-5H,1,3H2,(H2,7,8);1-3H3,(H2,6,7). The van der Waals surface area contributed by atoms with Gasteiger partial charge in [-0.05, 0) is 33.1 Å². The molecule has 0 spiro atoms. The summed E-state index contributed by atoms with van der Waals surface area (Å²) in [5.74, 6) is 0.301. The second-order valence-corrected chi connectivity index (χ2v) is 4.68. The highest BCUT2D eigenvalue weighted by atomic mass is 16.6. The predicted octanol–water partition coefficient (Wildman–Crippen LogP) is 1.17. The lowest BCUT2D eigenvalue weighted by Gasteiger charge is -2.16. The number of primary amides is 2. The van der Waals surface area contributed by atoms with Gasteiger partial charge in [-0.3, -0.25) is 4.79 Å². The van der Waals surface area contributed by atoms with Crippen molar-refractivity contribution in [1.29, 1.82) is 0 Å². The minimum Gasteiger partial charge on any atom is -0.444 e. The molecule has 0 aliphatic heterocycles. The number of ether oxygens (including phenoxy) is 1. The fraction of sp³-hybridized carbons (Fsp3) is 0.636. The summed E-state index contributed by atoms with van der Waals surface area (Å²) in [4.78, 5) is 20.3. The van der Waals surface area contributed by atoms with Gasteiger partial charge in [0, 0.05) is 5.92 Å². The molecule has 2 atom stereocenters. The van der Waals surface area contributed by atoms with Crippen molar-refractivity contribution in [2.24, 2.45) is 23.3 Å². The van der Waals surface area contributed by atoms with Gasteiger partial charge in [0.1, 0.15) is 5.60 Å². The van der Waals surface area contributed by atoms with Gasteiger partial charge in [0.25, 0.3) is 0 Å². The monoisotopic (exact) mass is 228 g/mol. The molecule has 0 heterocycles. The minimum absolute atomic E-state index is 0.104. The van der Waals surface area contributed by atoms with Crippen LogP contribution in [0.2, 0.25) is 0 Å². The number of rotatable bonds is 2. The SMILES string of the molecule is C=CC1CC1C(N)=O.CC(C)(C)OC(N)=O. The summed E-state index contributed by atoms with van der Waals surface area (Å²) >= 11 is 0. The van der Waals surface area contributed by atoms with Crippen molar-refractivity contribution in [2.75, 3.05) is 0 Å². The molecule has 0 saturated heterocycles. The third kappa shape index (κ3) is 6.86. The minimum atomic E-state index is -0.725. The smallest absolute Gasteiger partial charge is 0.405 e. The first-order valence-electron chi connectivity index (χ1n) is 5.07. The fourth-order valence-electron chi connectivity index (χ4n) is 1.10. The van der Waals surface area contributed by atoms with Crippen LogP contribution in [-0.4, -0.2) is 17.6 Å². The van der Waals surface area contributed by atoms with E-state index in [1.54, 1.807) is 26.8 Å².